The standard InChI is InChI=1S/C19H26N2OS/c1-6-15-11-16-9-7-8-10-17(16)20-19(15)23-12-18(22)21(13(2)3)14(4)5/h7-11,13-14H,6,12H2,1-5H3. The molecule has 0 aliphatic rings. The van der Waals surface area contributed by atoms with Crippen molar-refractivity contribution >= 4 is 28.6 Å². The molecule has 0 atom stereocenters. The summed E-state index contributed by atoms with van der Waals surface area (Å²) in [4.78, 5) is 19.2. The summed E-state index contributed by atoms with van der Waals surface area (Å²) in [6.07, 6.45) is 0.923. The van der Waals surface area contributed by atoms with Crippen LogP contribution in [0.5, 0.6) is 0 Å². The van der Waals surface area contributed by atoms with E-state index in [1.54, 1.807) is 11.8 Å². The van der Waals surface area contributed by atoms with Crippen LogP contribution in [0.4, 0.5) is 0 Å². The zero-order valence-electron chi connectivity index (χ0n) is 14.7. The average Bonchev–Trinajstić information content (AvgIpc) is 2.51. The molecule has 0 aliphatic heterocycles. The zero-order valence-corrected chi connectivity index (χ0v) is 15.5. The molecule has 0 N–H and O–H groups in total. The van der Waals surface area contributed by atoms with E-state index in [1.807, 2.05) is 23.1 Å². The third-order valence-electron chi connectivity index (χ3n) is 3.88. The van der Waals surface area contributed by atoms with Crippen LogP contribution >= 0.6 is 11.8 Å². The monoisotopic (exact) mass is 330 g/mol. The Balaban J connectivity index is 2.19. The quantitative estimate of drug-likeness (QED) is 0.729. The highest BCUT2D eigenvalue weighted by Crippen LogP contribution is 2.26. The number of amides is 1. The minimum Gasteiger partial charge on any atom is -0.337 e. The van der Waals surface area contributed by atoms with Gasteiger partial charge in [-0.25, -0.2) is 4.98 Å². The van der Waals surface area contributed by atoms with E-state index in [0.29, 0.717) is 5.75 Å². The molecule has 3 nitrogen and oxygen atoms in total. The number of fused-ring (bicyclic) bond motifs is 1. The van der Waals surface area contributed by atoms with Crippen LogP contribution < -0.4 is 0 Å². The molecule has 0 spiro atoms. The van der Waals surface area contributed by atoms with Crippen LogP contribution in [0.3, 0.4) is 0 Å². The summed E-state index contributed by atoms with van der Waals surface area (Å²) < 4.78 is 0. The average molecular weight is 330 g/mol. The van der Waals surface area contributed by atoms with E-state index in [-0.39, 0.29) is 18.0 Å². The number of hydrogen-bond acceptors (Lipinski definition) is 3. The molecule has 124 valence electrons. The number of hydrogen-bond donors (Lipinski definition) is 0. The van der Waals surface area contributed by atoms with Crippen molar-refractivity contribution in [3.63, 3.8) is 0 Å². The van der Waals surface area contributed by atoms with E-state index in [9.17, 15) is 4.79 Å². The number of benzene rings is 1. The number of nitrogens with zero attached hydrogens (tertiary/aromatic N) is 2. The SMILES string of the molecule is CCc1cc2ccccc2nc1SCC(=O)N(C(C)C)C(C)C. The highest BCUT2D eigenvalue weighted by molar-refractivity contribution is 7.99. The number of carbonyl (C=O) groups is 1. The van der Waals surface area contributed by atoms with Crippen LogP contribution in [0.2, 0.25) is 0 Å². The molecule has 0 saturated heterocycles. The van der Waals surface area contributed by atoms with Gasteiger partial charge in [0.15, 0.2) is 0 Å². The second-order valence-electron chi connectivity index (χ2n) is 6.28. The number of thioether (sulfide) groups is 1. The third kappa shape index (κ3) is 4.25. The lowest BCUT2D eigenvalue weighted by atomic mass is 10.1. The minimum absolute atomic E-state index is 0.178. The lowest BCUT2D eigenvalue weighted by Crippen LogP contribution is -2.43. The van der Waals surface area contributed by atoms with E-state index in [4.69, 9.17) is 4.98 Å². The predicted molar refractivity (Wildman–Crippen MR) is 99.0 cm³/mol. The van der Waals surface area contributed by atoms with Crippen LogP contribution in [-0.2, 0) is 11.2 Å². The Kier molecular flexibility index (Phi) is 6.05. The molecule has 1 amide bonds. The lowest BCUT2D eigenvalue weighted by molar-refractivity contribution is -0.131. The molecule has 0 bridgehead atoms. The van der Waals surface area contributed by atoms with Gasteiger partial charge >= 0.3 is 0 Å². The first-order valence-electron chi connectivity index (χ1n) is 8.26. The maximum atomic E-state index is 12.5. The fourth-order valence-corrected chi connectivity index (χ4v) is 3.86. The second-order valence-corrected chi connectivity index (χ2v) is 7.24. The normalized spacial score (nSPS) is 11.4. The molecular weight excluding hydrogens is 304 g/mol. The minimum atomic E-state index is 0.178. The summed E-state index contributed by atoms with van der Waals surface area (Å²) in [5.74, 6) is 0.617. The molecule has 4 heteroatoms. The van der Waals surface area contributed by atoms with Gasteiger partial charge in [-0.3, -0.25) is 4.79 Å². The van der Waals surface area contributed by atoms with Gasteiger partial charge in [-0.05, 0) is 51.8 Å². The Labute approximate surface area is 143 Å². The van der Waals surface area contributed by atoms with Gasteiger partial charge in [-0.15, -0.1) is 0 Å². The van der Waals surface area contributed by atoms with Gasteiger partial charge in [-0.2, -0.15) is 0 Å². The molecule has 0 unspecified atom stereocenters. The third-order valence-corrected chi connectivity index (χ3v) is 4.90. The van der Waals surface area contributed by atoms with Crippen LogP contribution in [-0.4, -0.2) is 33.6 Å². The van der Waals surface area contributed by atoms with E-state index < -0.39 is 0 Å². The van der Waals surface area contributed by atoms with Crippen molar-refractivity contribution in [3.8, 4) is 0 Å². The van der Waals surface area contributed by atoms with Crippen LogP contribution in [0.15, 0.2) is 35.4 Å². The van der Waals surface area contributed by atoms with Gasteiger partial charge in [0.25, 0.3) is 0 Å². The van der Waals surface area contributed by atoms with Crippen molar-refractivity contribution in [2.24, 2.45) is 0 Å². The molecule has 23 heavy (non-hydrogen) atoms. The molecule has 0 saturated carbocycles. The highest BCUT2D eigenvalue weighted by atomic mass is 32.2. The van der Waals surface area contributed by atoms with E-state index in [1.165, 1.54) is 5.56 Å². The van der Waals surface area contributed by atoms with Crippen molar-refractivity contribution in [3.05, 3.63) is 35.9 Å². The maximum Gasteiger partial charge on any atom is 0.233 e. The van der Waals surface area contributed by atoms with E-state index in [2.05, 4.69) is 46.8 Å². The van der Waals surface area contributed by atoms with Crippen molar-refractivity contribution in [1.29, 1.82) is 0 Å². The Morgan fingerprint density at radius 1 is 1.17 bits per heavy atom. The maximum absolute atomic E-state index is 12.5. The topological polar surface area (TPSA) is 33.2 Å². The molecule has 0 radical (unpaired) electrons. The van der Waals surface area contributed by atoms with Gasteiger partial charge in [-0.1, -0.05) is 36.9 Å². The molecular formula is C19H26N2OS. The van der Waals surface area contributed by atoms with Gasteiger partial charge in [0.1, 0.15) is 5.03 Å². The molecule has 1 aromatic heterocycles. The molecule has 1 heterocycles. The van der Waals surface area contributed by atoms with E-state index in [0.717, 1.165) is 22.3 Å². The molecule has 1 aromatic carbocycles. The van der Waals surface area contributed by atoms with E-state index >= 15 is 0 Å². The number of pyridine rings is 1. The van der Waals surface area contributed by atoms with Crippen molar-refractivity contribution in [2.45, 2.75) is 58.1 Å². The molecule has 2 rings (SSSR count). The van der Waals surface area contributed by atoms with Crippen molar-refractivity contribution in [2.75, 3.05) is 5.75 Å². The van der Waals surface area contributed by atoms with Gasteiger partial charge in [0.2, 0.25) is 5.91 Å². The van der Waals surface area contributed by atoms with Gasteiger partial charge in [0, 0.05) is 17.5 Å². The summed E-state index contributed by atoms with van der Waals surface area (Å²) >= 11 is 1.56. The highest BCUT2D eigenvalue weighted by Gasteiger charge is 2.20. The van der Waals surface area contributed by atoms with Crippen LogP contribution in [0.25, 0.3) is 10.9 Å². The summed E-state index contributed by atoms with van der Waals surface area (Å²) in [7, 11) is 0. The predicted octanol–water partition coefficient (Wildman–Crippen LogP) is 4.53. The largest absolute Gasteiger partial charge is 0.337 e. The summed E-state index contributed by atoms with van der Waals surface area (Å²) in [5.41, 5.74) is 2.20. The number of aromatic nitrogens is 1. The Morgan fingerprint density at radius 3 is 2.43 bits per heavy atom. The van der Waals surface area contributed by atoms with Crippen LogP contribution in [0.1, 0.15) is 40.2 Å². The molecule has 0 aliphatic carbocycles. The molecule has 0 fully saturated rings. The lowest BCUT2D eigenvalue weighted by Gasteiger charge is -2.30. The number of para-hydroxylation sites is 1. The van der Waals surface area contributed by atoms with Crippen molar-refractivity contribution in [1.82, 2.24) is 9.88 Å². The number of rotatable bonds is 6. The summed E-state index contributed by atoms with van der Waals surface area (Å²) in [6, 6.07) is 10.8. The summed E-state index contributed by atoms with van der Waals surface area (Å²) in [5, 5.41) is 2.14. The zero-order chi connectivity index (χ0) is 17.0. The second kappa shape index (κ2) is 7.82. The summed E-state index contributed by atoms with van der Waals surface area (Å²) in [6.45, 7) is 10.4. The fourth-order valence-electron chi connectivity index (χ4n) is 2.90. The molecule has 2 aromatic rings. The Hall–Kier alpha value is -1.55. The Morgan fingerprint density at radius 2 is 1.83 bits per heavy atom. The first-order valence-corrected chi connectivity index (χ1v) is 9.25. The first-order chi connectivity index (χ1) is 10.9. The number of carbonyl (C=O) groups excluding carboxylic acids is 1. The number of aryl methyl sites for hydroxylation is 1. The fraction of sp³-hybridized carbons (Fsp3) is 0.474. The smallest absolute Gasteiger partial charge is 0.233 e. The van der Waals surface area contributed by atoms with Gasteiger partial charge in [0.05, 0.1) is 11.3 Å². The first kappa shape index (κ1) is 17.8. The van der Waals surface area contributed by atoms with Gasteiger partial charge < -0.3 is 4.90 Å². The van der Waals surface area contributed by atoms with Crippen molar-refractivity contribution < 1.29 is 4.79 Å². The van der Waals surface area contributed by atoms with Crippen LogP contribution in [0, 0.1) is 0 Å². The Bertz CT molecular complexity index is 674.